The minimum absolute atomic E-state index is 0.446. The number of hydrogen-bond acceptors (Lipinski definition) is 5. The van der Waals surface area contributed by atoms with Gasteiger partial charge in [-0.15, -0.1) is 0 Å². The number of pyridine rings is 1. The summed E-state index contributed by atoms with van der Waals surface area (Å²) in [6.45, 7) is 13.4. The maximum absolute atomic E-state index is 6.33. The normalized spacial score (nSPS) is 21.6. The number of nitrogens with two attached hydrogens (primary N) is 1. The SMILES string of the molecule is CC.CC.Nc1cc(CN2CCC(OC3CCCNCC3)CC2)ccn1. The molecule has 2 aliphatic rings. The van der Waals surface area contributed by atoms with Crippen LogP contribution in [0.5, 0.6) is 0 Å². The fourth-order valence-corrected chi connectivity index (χ4v) is 3.45. The van der Waals surface area contributed by atoms with Gasteiger partial charge in [-0.3, -0.25) is 4.90 Å². The van der Waals surface area contributed by atoms with Gasteiger partial charge in [-0.2, -0.15) is 0 Å². The van der Waals surface area contributed by atoms with Crippen molar-refractivity contribution in [3.63, 3.8) is 0 Å². The van der Waals surface area contributed by atoms with Crippen LogP contribution in [0.4, 0.5) is 5.82 Å². The highest BCUT2D eigenvalue weighted by Crippen LogP contribution is 2.21. The predicted molar refractivity (Wildman–Crippen MR) is 111 cm³/mol. The average molecular weight is 365 g/mol. The molecular formula is C21H40N4O. The summed E-state index contributed by atoms with van der Waals surface area (Å²) < 4.78 is 6.33. The van der Waals surface area contributed by atoms with Gasteiger partial charge in [-0.25, -0.2) is 4.98 Å². The van der Waals surface area contributed by atoms with E-state index in [1.54, 1.807) is 6.20 Å². The van der Waals surface area contributed by atoms with E-state index in [-0.39, 0.29) is 0 Å². The van der Waals surface area contributed by atoms with Crippen molar-refractivity contribution < 1.29 is 4.74 Å². The highest BCUT2D eigenvalue weighted by Gasteiger charge is 2.23. The van der Waals surface area contributed by atoms with E-state index in [9.17, 15) is 0 Å². The van der Waals surface area contributed by atoms with Crippen molar-refractivity contribution in [3.8, 4) is 0 Å². The third kappa shape index (κ3) is 8.47. The molecule has 0 radical (unpaired) electrons. The van der Waals surface area contributed by atoms with Crippen molar-refractivity contribution >= 4 is 5.82 Å². The molecule has 3 heterocycles. The summed E-state index contributed by atoms with van der Waals surface area (Å²) in [4.78, 5) is 6.54. The Kier molecular flexibility index (Phi) is 12.3. The Hall–Kier alpha value is -1.17. The Balaban J connectivity index is 0.000000791. The monoisotopic (exact) mass is 364 g/mol. The second-order valence-electron chi connectivity index (χ2n) is 6.50. The van der Waals surface area contributed by atoms with Crippen LogP contribution in [0, 0.1) is 0 Å². The summed E-state index contributed by atoms with van der Waals surface area (Å²) in [5.74, 6) is 0.609. The lowest BCUT2D eigenvalue weighted by molar-refractivity contribution is -0.0474. The molecule has 1 atom stereocenters. The molecule has 2 fully saturated rings. The first kappa shape index (κ1) is 22.9. The van der Waals surface area contributed by atoms with E-state index in [0.29, 0.717) is 18.0 Å². The minimum Gasteiger partial charge on any atom is -0.384 e. The molecule has 2 aliphatic heterocycles. The zero-order chi connectivity index (χ0) is 19.2. The average Bonchev–Trinajstić information content (AvgIpc) is 2.95. The summed E-state index contributed by atoms with van der Waals surface area (Å²) in [5, 5.41) is 3.45. The highest BCUT2D eigenvalue weighted by molar-refractivity contribution is 5.31. The summed E-state index contributed by atoms with van der Waals surface area (Å²) in [7, 11) is 0. The minimum atomic E-state index is 0.446. The second-order valence-corrected chi connectivity index (χ2v) is 6.50. The Morgan fingerprint density at radius 2 is 1.77 bits per heavy atom. The maximum atomic E-state index is 6.33. The molecule has 0 aliphatic carbocycles. The van der Waals surface area contributed by atoms with Crippen molar-refractivity contribution in [2.45, 2.75) is 78.6 Å². The van der Waals surface area contributed by atoms with E-state index in [4.69, 9.17) is 10.5 Å². The molecule has 1 unspecified atom stereocenters. The molecule has 1 aromatic rings. The number of piperidine rings is 1. The molecule has 0 aromatic carbocycles. The van der Waals surface area contributed by atoms with E-state index >= 15 is 0 Å². The van der Waals surface area contributed by atoms with E-state index in [2.05, 4.69) is 21.3 Å². The fourth-order valence-electron chi connectivity index (χ4n) is 3.45. The highest BCUT2D eigenvalue weighted by atomic mass is 16.5. The standard InChI is InChI=1S/C17H28N4O.2C2H6/c18-17-12-14(3-9-20-17)13-21-10-5-16(6-11-21)22-15-2-1-7-19-8-4-15;2*1-2/h3,9,12,15-16,19H,1-2,4-8,10-11,13H2,(H2,18,20);2*1-2H3. The molecule has 3 rings (SSSR count). The zero-order valence-electron chi connectivity index (χ0n) is 17.3. The van der Waals surface area contributed by atoms with Gasteiger partial charge in [0.2, 0.25) is 0 Å². The fraction of sp³-hybridized carbons (Fsp3) is 0.762. The first-order chi connectivity index (χ1) is 12.8. The lowest BCUT2D eigenvalue weighted by Gasteiger charge is -2.33. The van der Waals surface area contributed by atoms with Crippen LogP contribution in [0.15, 0.2) is 18.3 Å². The third-order valence-corrected chi connectivity index (χ3v) is 4.69. The summed E-state index contributed by atoms with van der Waals surface area (Å²) in [5.41, 5.74) is 7.00. The molecular weight excluding hydrogens is 324 g/mol. The van der Waals surface area contributed by atoms with E-state index < -0.39 is 0 Å². The van der Waals surface area contributed by atoms with E-state index in [1.807, 2.05) is 33.8 Å². The Labute approximate surface area is 160 Å². The van der Waals surface area contributed by atoms with Crippen LogP contribution in [-0.4, -0.2) is 48.3 Å². The number of rotatable bonds is 4. The summed E-state index contributed by atoms with van der Waals surface area (Å²) in [6.07, 6.45) is 8.61. The van der Waals surface area contributed by atoms with Gasteiger partial charge in [0, 0.05) is 25.8 Å². The van der Waals surface area contributed by atoms with Gasteiger partial charge in [0.15, 0.2) is 0 Å². The number of anilines is 1. The van der Waals surface area contributed by atoms with Crippen LogP contribution in [0.1, 0.15) is 65.4 Å². The van der Waals surface area contributed by atoms with Gasteiger partial charge in [0.25, 0.3) is 0 Å². The van der Waals surface area contributed by atoms with Gasteiger partial charge in [0.1, 0.15) is 5.82 Å². The molecule has 3 N–H and O–H groups in total. The molecule has 1 aromatic heterocycles. The van der Waals surface area contributed by atoms with Crippen LogP contribution < -0.4 is 11.1 Å². The topological polar surface area (TPSA) is 63.4 Å². The first-order valence-corrected chi connectivity index (χ1v) is 10.6. The van der Waals surface area contributed by atoms with E-state index in [1.165, 1.54) is 18.4 Å². The largest absolute Gasteiger partial charge is 0.384 e. The van der Waals surface area contributed by atoms with Gasteiger partial charge < -0.3 is 15.8 Å². The lowest BCUT2D eigenvalue weighted by Crippen LogP contribution is -2.38. The van der Waals surface area contributed by atoms with Crippen molar-refractivity contribution in [3.05, 3.63) is 23.9 Å². The quantitative estimate of drug-likeness (QED) is 0.850. The molecule has 0 saturated carbocycles. The van der Waals surface area contributed by atoms with Crippen LogP contribution in [-0.2, 0) is 11.3 Å². The van der Waals surface area contributed by atoms with Crippen LogP contribution >= 0.6 is 0 Å². The van der Waals surface area contributed by atoms with Gasteiger partial charge >= 0.3 is 0 Å². The molecule has 150 valence electrons. The molecule has 0 bridgehead atoms. The molecule has 0 spiro atoms. The van der Waals surface area contributed by atoms with Crippen molar-refractivity contribution in [2.75, 3.05) is 31.9 Å². The van der Waals surface area contributed by atoms with Gasteiger partial charge in [-0.1, -0.05) is 27.7 Å². The Bertz CT molecular complexity index is 453. The predicted octanol–water partition coefficient (Wildman–Crippen LogP) is 3.84. The maximum Gasteiger partial charge on any atom is 0.123 e. The van der Waals surface area contributed by atoms with Crippen LogP contribution in [0.3, 0.4) is 0 Å². The Morgan fingerprint density at radius 3 is 2.46 bits per heavy atom. The number of ether oxygens (including phenoxy) is 1. The smallest absolute Gasteiger partial charge is 0.123 e. The molecule has 26 heavy (non-hydrogen) atoms. The molecule has 0 amide bonds. The lowest BCUT2D eigenvalue weighted by atomic mass is 10.1. The Morgan fingerprint density at radius 1 is 1.08 bits per heavy atom. The number of likely N-dealkylation sites (tertiary alicyclic amines) is 1. The molecule has 2 saturated heterocycles. The van der Waals surface area contributed by atoms with Crippen LogP contribution in [0.2, 0.25) is 0 Å². The van der Waals surface area contributed by atoms with Crippen LogP contribution in [0.25, 0.3) is 0 Å². The van der Waals surface area contributed by atoms with E-state index in [0.717, 1.165) is 52.0 Å². The van der Waals surface area contributed by atoms with Crippen molar-refractivity contribution in [1.82, 2.24) is 15.2 Å². The summed E-state index contributed by atoms with van der Waals surface area (Å²) in [6, 6.07) is 4.03. The van der Waals surface area contributed by atoms with Crippen molar-refractivity contribution in [2.24, 2.45) is 0 Å². The molecule has 5 nitrogen and oxygen atoms in total. The number of nitrogens with zero attached hydrogens (tertiary/aromatic N) is 2. The third-order valence-electron chi connectivity index (χ3n) is 4.69. The number of nitrogen functional groups attached to an aromatic ring is 1. The zero-order valence-corrected chi connectivity index (χ0v) is 17.3. The van der Waals surface area contributed by atoms with Crippen molar-refractivity contribution in [1.29, 1.82) is 0 Å². The summed E-state index contributed by atoms with van der Waals surface area (Å²) >= 11 is 0. The second kappa shape index (κ2) is 14.0. The first-order valence-electron chi connectivity index (χ1n) is 10.6. The number of nitrogens with one attached hydrogen (secondary N) is 1. The van der Waals surface area contributed by atoms with Gasteiger partial charge in [-0.05, 0) is 62.9 Å². The molecule has 5 heteroatoms. The van der Waals surface area contributed by atoms with Gasteiger partial charge in [0.05, 0.1) is 12.2 Å². The number of hydrogen-bond donors (Lipinski definition) is 2. The number of aromatic nitrogens is 1.